The number of halogens is 1. The minimum absolute atomic E-state index is 0.129. The molecule has 4 fully saturated rings. The Labute approximate surface area is 383 Å². The van der Waals surface area contributed by atoms with Gasteiger partial charge in [-0.05, 0) is 106 Å². The fraction of sp³-hybridized carbons (Fsp3) is 0.480. The first-order valence-electron chi connectivity index (χ1n) is 23.1. The molecule has 1 aliphatic carbocycles. The number of pyridine rings is 1. The SMILES string of the molecule is CN(C)C[C@@H]1CN(c2ccc3c(c2)C(=O)N(C2CCC(=O)NC2O)C3=O)CCN1CC1CCN(c2ccc(C(=O)N[C@H]3C(C)(C)[C@@H]4Oc5ccc(C#N)c6nccc(c56)C34C)cc2F)CC1. The molecule has 3 aromatic carbocycles. The Kier molecular flexibility index (Phi) is 10.8. The number of ether oxygens (including phenoxy) is 1. The van der Waals surface area contributed by atoms with Crippen molar-refractivity contribution in [3.05, 3.63) is 94.4 Å². The number of aromatic nitrogens is 1. The van der Waals surface area contributed by atoms with E-state index in [9.17, 15) is 29.5 Å². The number of hydrogen-bond acceptors (Lipinski definition) is 12. The molecule has 6 heterocycles. The third kappa shape index (κ3) is 7.05. The van der Waals surface area contributed by atoms with Gasteiger partial charge in [-0.25, -0.2) is 4.39 Å². The Balaban J connectivity index is 0.765. The van der Waals surface area contributed by atoms with Gasteiger partial charge in [-0.2, -0.15) is 5.26 Å². The highest BCUT2D eigenvalue weighted by Crippen LogP contribution is 2.61. The second-order valence-corrected chi connectivity index (χ2v) is 20.1. The van der Waals surface area contributed by atoms with Crippen molar-refractivity contribution in [3.8, 4) is 11.8 Å². The van der Waals surface area contributed by atoms with Crippen LogP contribution in [0, 0.1) is 28.5 Å². The number of nitrogens with zero attached hydrogens (tertiary/aromatic N) is 7. The predicted octanol–water partition coefficient (Wildman–Crippen LogP) is 4.26. The van der Waals surface area contributed by atoms with Crippen LogP contribution in [-0.2, 0) is 10.2 Å². The van der Waals surface area contributed by atoms with Crippen LogP contribution in [0.15, 0.2) is 60.8 Å². The van der Waals surface area contributed by atoms with Gasteiger partial charge in [-0.3, -0.25) is 34.0 Å². The number of anilines is 2. The lowest BCUT2D eigenvalue weighted by molar-refractivity contribution is -0.131. The van der Waals surface area contributed by atoms with Crippen molar-refractivity contribution in [2.24, 2.45) is 11.3 Å². The zero-order valence-corrected chi connectivity index (χ0v) is 38.0. The third-order valence-electron chi connectivity index (χ3n) is 15.4. The van der Waals surface area contributed by atoms with Gasteiger partial charge in [0.25, 0.3) is 17.7 Å². The van der Waals surface area contributed by atoms with Gasteiger partial charge in [-0.1, -0.05) is 13.8 Å². The van der Waals surface area contributed by atoms with Gasteiger partial charge in [-0.15, -0.1) is 0 Å². The number of fused-ring (bicyclic) bond motifs is 3. The first-order valence-corrected chi connectivity index (χ1v) is 23.1. The number of rotatable bonds is 9. The van der Waals surface area contributed by atoms with Gasteiger partial charge in [0.2, 0.25) is 5.91 Å². The van der Waals surface area contributed by atoms with E-state index in [0.717, 1.165) is 67.1 Å². The van der Waals surface area contributed by atoms with Crippen LogP contribution in [0.25, 0.3) is 10.9 Å². The second kappa shape index (κ2) is 16.3. The van der Waals surface area contributed by atoms with E-state index in [0.29, 0.717) is 52.7 Å². The molecule has 16 heteroatoms. The van der Waals surface area contributed by atoms with Crippen LogP contribution in [0.1, 0.15) is 88.7 Å². The molecule has 5 aliphatic heterocycles. The first-order chi connectivity index (χ1) is 31.6. The zero-order valence-electron chi connectivity index (χ0n) is 38.0. The number of piperidine rings is 2. The minimum Gasteiger partial charge on any atom is -0.488 e. The predicted molar refractivity (Wildman–Crippen MR) is 245 cm³/mol. The number of imide groups is 1. The van der Waals surface area contributed by atoms with E-state index in [2.05, 4.69) is 76.2 Å². The largest absolute Gasteiger partial charge is 0.488 e. The van der Waals surface area contributed by atoms with Crippen molar-refractivity contribution >= 4 is 45.9 Å². The average Bonchev–Trinajstić information content (AvgIpc) is 3.54. The number of hydrogen-bond donors (Lipinski definition) is 3. The topological polar surface area (TPSA) is 175 Å². The molecule has 66 heavy (non-hydrogen) atoms. The fourth-order valence-electron chi connectivity index (χ4n) is 12.2. The molecule has 15 nitrogen and oxygen atoms in total. The van der Waals surface area contributed by atoms with Gasteiger partial charge in [0, 0.05) is 86.5 Å². The molecule has 3 N–H and O–H groups in total. The Bertz CT molecular complexity index is 2710. The molecule has 4 aromatic rings. The number of nitrogens with one attached hydrogen (secondary N) is 2. The minimum atomic E-state index is -1.30. The summed E-state index contributed by atoms with van der Waals surface area (Å²) in [4.78, 5) is 67.4. The number of aliphatic hydroxyl groups is 1. The lowest BCUT2D eigenvalue weighted by atomic mass is 9.45. The Hall–Kier alpha value is -6.15. The van der Waals surface area contributed by atoms with E-state index in [1.165, 1.54) is 6.07 Å². The lowest BCUT2D eigenvalue weighted by Gasteiger charge is -2.66. The van der Waals surface area contributed by atoms with Crippen molar-refractivity contribution in [2.75, 3.05) is 69.7 Å². The van der Waals surface area contributed by atoms with Crippen molar-refractivity contribution in [3.63, 3.8) is 0 Å². The number of carbonyl (C=O) groups is 4. The smallest absolute Gasteiger partial charge is 0.262 e. The lowest BCUT2D eigenvalue weighted by Crippen LogP contribution is -2.78. The molecular formula is C50H56FN9O6. The van der Waals surface area contributed by atoms with E-state index in [1.807, 2.05) is 18.2 Å². The zero-order chi connectivity index (χ0) is 46.4. The molecule has 6 atom stereocenters. The van der Waals surface area contributed by atoms with Crippen LogP contribution < -0.4 is 25.2 Å². The van der Waals surface area contributed by atoms with Crippen LogP contribution in [-0.4, -0.2) is 139 Å². The standard InChI is InChI=1S/C50H56FN9O6/c1-49(2)47(50(3)35-14-17-53-42-30(24-52)7-12-39(41(35)42)66-48(49)50)55-43(62)29-6-10-37(36(51)22-29)57-18-15-28(16-19-57)25-58-20-21-59(27-32(58)26-56(4)5)31-8-9-33-34(23-31)46(65)60(45(33)64)38-11-13-40(61)54-44(38)63/h6-10,12,14,17,22-23,28,32,38,44,47-48,63H,11,13,15-16,18-21,25-27H2,1-5H3,(H,54,61)(H,55,62)/t32-,38?,44?,47+,48+,50?/m1/s1. The van der Waals surface area contributed by atoms with Crippen molar-refractivity contribution in [2.45, 2.75) is 82.3 Å². The molecule has 3 saturated heterocycles. The molecule has 1 aromatic heterocycles. The highest BCUT2D eigenvalue weighted by atomic mass is 19.1. The third-order valence-corrected chi connectivity index (χ3v) is 15.4. The molecule has 4 amide bonds. The maximum Gasteiger partial charge on any atom is 0.262 e. The molecule has 344 valence electrons. The number of benzene rings is 3. The summed E-state index contributed by atoms with van der Waals surface area (Å²) in [5, 5.41) is 26.8. The van der Waals surface area contributed by atoms with Crippen molar-refractivity contribution < 1.29 is 33.4 Å². The van der Waals surface area contributed by atoms with E-state index < -0.39 is 40.7 Å². The Morgan fingerprint density at radius 1 is 0.985 bits per heavy atom. The molecular weight excluding hydrogens is 842 g/mol. The second-order valence-electron chi connectivity index (χ2n) is 20.1. The Morgan fingerprint density at radius 3 is 2.48 bits per heavy atom. The van der Waals surface area contributed by atoms with E-state index >= 15 is 4.39 Å². The van der Waals surface area contributed by atoms with Crippen LogP contribution in [0.2, 0.25) is 0 Å². The normalized spacial score (nSPS) is 27.2. The summed E-state index contributed by atoms with van der Waals surface area (Å²) >= 11 is 0. The highest BCUT2D eigenvalue weighted by Gasteiger charge is 2.69. The van der Waals surface area contributed by atoms with Gasteiger partial charge < -0.3 is 35.2 Å². The van der Waals surface area contributed by atoms with E-state index in [-0.39, 0.29) is 48.4 Å². The number of piperazine rings is 1. The summed E-state index contributed by atoms with van der Waals surface area (Å²) in [6.45, 7) is 11.6. The van der Waals surface area contributed by atoms with E-state index in [4.69, 9.17) is 4.74 Å². The van der Waals surface area contributed by atoms with Gasteiger partial charge in [0.1, 0.15) is 30.0 Å². The average molecular weight is 898 g/mol. The maximum absolute atomic E-state index is 16.0. The molecule has 6 aliphatic rings. The van der Waals surface area contributed by atoms with Crippen LogP contribution in [0.4, 0.5) is 15.8 Å². The van der Waals surface area contributed by atoms with Crippen molar-refractivity contribution in [1.82, 2.24) is 30.3 Å². The number of nitriles is 1. The molecule has 10 rings (SSSR count). The highest BCUT2D eigenvalue weighted by molar-refractivity contribution is 6.22. The Morgan fingerprint density at radius 2 is 1.76 bits per heavy atom. The van der Waals surface area contributed by atoms with Crippen molar-refractivity contribution in [1.29, 1.82) is 5.26 Å². The van der Waals surface area contributed by atoms with Crippen LogP contribution in [0.3, 0.4) is 0 Å². The summed E-state index contributed by atoms with van der Waals surface area (Å²) in [6, 6.07) is 17.0. The fourth-order valence-corrected chi connectivity index (χ4v) is 12.2. The van der Waals surface area contributed by atoms with Gasteiger partial charge in [0.05, 0.1) is 45.4 Å². The molecule has 3 unspecified atom stereocenters. The quantitative estimate of drug-likeness (QED) is 0.204. The maximum atomic E-state index is 16.0. The van der Waals surface area contributed by atoms with Crippen LogP contribution >= 0.6 is 0 Å². The number of amides is 4. The van der Waals surface area contributed by atoms with Gasteiger partial charge >= 0.3 is 0 Å². The molecule has 0 spiro atoms. The summed E-state index contributed by atoms with van der Waals surface area (Å²) in [5.41, 5.74) is 3.18. The monoisotopic (exact) mass is 897 g/mol. The summed E-state index contributed by atoms with van der Waals surface area (Å²) < 4.78 is 22.6. The van der Waals surface area contributed by atoms with Crippen LogP contribution in [0.5, 0.6) is 5.75 Å². The summed E-state index contributed by atoms with van der Waals surface area (Å²) in [5.74, 6) is -0.906. The molecule has 0 bridgehead atoms. The van der Waals surface area contributed by atoms with E-state index in [1.54, 1.807) is 36.5 Å². The molecule has 1 saturated carbocycles. The molecule has 0 radical (unpaired) electrons. The number of likely N-dealkylation sites (N-methyl/N-ethyl adjacent to an activating group) is 1. The summed E-state index contributed by atoms with van der Waals surface area (Å²) in [6.07, 6.45) is 2.29. The summed E-state index contributed by atoms with van der Waals surface area (Å²) in [7, 11) is 4.13. The van der Waals surface area contributed by atoms with Gasteiger partial charge in [0.15, 0.2) is 0 Å². The number of aliphatic hydroxyl groups excluding tert-OH is 1. The first kappa shape index (κ1) is 43.7. The number of carbonyl (C=O) groups excluding carboxylic acids is 4.